The van der Waals surface area contributed by atoms with Gasteiger partial charge >= 0.3 is 6.01 Å². The van der Waals surface area contributed by atoms with Gasteiger partial charge in [0.15, 0.2) is 5.82 Å². The molecule has 102 valence electrons. The Balaban J connectivity index is 2.23. The zero-order valence-corrected chi connectivity index (χ0v) is 12.8. The summed E-state index contributed by atoms with van der Waals surface area (Å²) in [5.74, 6) is 0.562. The van der Waals surface area contributed by atoms with E-state index in [0.717, 1.165) is 10.7 Å². The fraction of sp³-hybridized carbons (Fsp3) is 0.417. The monoisotopic (exact) mass is 298 g/mol. The first kappa shape index (κ1) is 14.0. The number of halogens is 1. The third kappa shape index (κ3) is 3.13. The summed E-state index contributed by atoms with van der Waals surface area (Å²) in [6.45, 7) is 6.04. The lowest BCUT2D eigenvalue weighted by molar-refractivity contribution is 0.380. The summed E-state index contributed by atoms with van der Waals surface area (Å²) in [4.78, 5) is 13.7. The first-order valence-corrected chi connectivity index (χ1v) is 6.97. The van der Waals surface area contributed by atoms with Gasteiger partial charge in [-0.1, -0.05) is 11.6 Å². The van der Waals surface area contributed by atoms with Gasteiger partial charge in [-0.05, 0) is 20.8 Å². The molecule has 5 nitrogen and oxygen atoms in total. The molecule has 0 amide bonds. The molecular formula is C12H15ClN4OS. The summed E-state index contributed by atoms with van der Waals surface area (Å²) in [5.41, 5.74) is 1.03. The van der Waals surface area contributed by atoms with Gasteiger partial charge in [-0.3, -0.25) is 0 Å². The smallest absolute Gasteiger partial charge is 0.318 e. The lowest BCUT2D eigenvalue weighted by Crippen LogP contribution is -2.09. The highest BCUT2D eigenvalue weighted by Gasteiger charge is 2.15. The summed E-state index contributed by atoms with van der Waals surface area (Å²) in [6.07, 6.45) is 1.52. The molecule has 0 aromatic carbocycles. The normalized spacial score (nSPS) is 12.3. The first-order chi connectivity index (χ1) is 9.01. The number of aryl methyl sites for hydroxylation is 2. The van der Waals surface area contributed by atoms with Crippen LogP contribution in [0.25, 0.3) is 0 Å². The molecule has 0 saturated carbocycles. The molecule has 7 heteroatoms. The Morgan fingerprint density at radius 2 is 2.11 bits per heavy atom. The molecule has 2 aromatic rings. The van der Waals surface area contributed by atoms with Crippen molar-refractivity contribution < 1.29 is 4.74 Å². The zero-order chi connectivity index (χ0) is 14.0. The summed E-state index contributed by atoms with van der Waals surface area (Å²) < 4.78 is 4.99. The second kappa shape index (κ2) is 5.71. The summed E-state index contributed by atoms with van der Waals surface area (Å²) in [6, 6.07) is 0.361. The van der Waals surface area contributed by atoms with Crippen LogP contribution in [0.4, 0.5) is 5.82 Å². The first-order valence-electron chi connectivity index (χ1n) is 5.78. The van der Waals surface area contributed by atoms with Gasteiger partial charge in [-0.15, -0.1) is 11.3 Å². The topological polar surface area (TPSA) is 59.9 Å². The van der Waals surface area contributed by atoms with Crippen molar-refractivity contribution in [2.75, 3.05) is 12.4 Å². The van der Waals surface area contributed by atoms with Crippen molar-refractivity contribution in [2.24, 2.45) is 0 Å². The molecule has 0 aliphatic rings. The van der Waals surface area contributed by atoms with Crippen molar-refractivity contribution >= 4 is 28.8 Å². The highest BCUT2D eigenvalue weighted by molar-refractivity contribution is 7.11. The minimum Gasteiger partial charge on any atom is -0.467 e. The second-order valence-electron chi connectivity index (χ2n) is 4.10. The minimum absolute atomic E-state index is 0.0725. The van der Waals surface area contributed by atoms with Crippen LogP contribution in [-0.4, -0.2) is 22.1 Å². The van der Waals surface area contributed by atoms with Crippen LogP contribution in [0.1, 0.15) is 28.5 Å². The third-order valence-electron chi connectivity index (χ3n) is 2.59. The molecule has 0 aliphatic heterocycles. The summed E-state index contributed by atoms with van der Waals surface area (Å²) >= 11 is 7.74. The number of ether oxygens (including phenoxy) is 1. The van der Waals surface area contributed by atoms with Crippen molar-refractivity contribution in [3.63, 3.8) is 0 Å². The van der Waals surface area contributed by atoms with Crippen LogP contribution in [0.5, 0.6) is 6.01 Å². The zero-order valence-electron chi connectivity index (χ0n) is 11.2. The quantitative estimate of drug-likeness (QED) is 0.937. The molecule has 19 heavy (non-hydrogen) atoms. The van der Waals surface area contributed by atoms with Crippen LogP contribution in [0.2, 0.25) is 5.02 Å². The fourth-order valence-corrected chi connectivity index (χ4v) is 2.85. The van der Waals surface area contributed by atoms with E-state index in [0.29, 0.717) is 10.8 Å². The van der Waals surface area contributed by atoms with Crippen molar-refractivity contribution in [2.45, 2.75) is 26.8 Å². The predicted molar refractivity (Wildman–Crippen MR) is 77.2 cm³/mol. The molecule has 2 aromatic heterocycles. The Labute approximate surface area is 121 Å². The lowest BCUT2D eigenvalue weighted by atomic mass is 10.2. The number of methoxy groups -OCH3 is 1. The summed E-state index contributed by atoms with van der Waals surface area (Å²) in [5, 5.41) is 4.78. The van der Waals surface area contributed by atoms with Gasteiger partial charge in [0.2, 0.25) is 0 Å². The third-order valence-corrected chi connectivity index (χ3v) is 4.12. The van der Waals surface area contributed by atoms with Crippen molar-refractivity contribution in [1.82, 2.24) is 15.0 Å². The summed E-state index contributed by atoms with van der Waals surface area (Å²) in [7, 11) is 1.52. The predicted octanol–water partition coefficient (Wildman–Crippen LogP) is 3.39. The van der Waals surface area contributed by atoms with Crippen LogP contribution in [0, 0.1) is 13.8 Å². The Morgan fingerprint density at radius 1 is 1.37 bits per heavy atom. The molecule has 1 N–H and O–H groups in total. The number of hydrogen-bond donors (Lipinski definition) is 1. The average Bonchev–Trinajstić information content (AvgIpc) is 2.71. The van der Waals surface area contributed by atoms with Gasteiger partial charge in [-0.2, -0.15) is 4.98 Å². The maximum atomic E-state index is 6.07. The fourth-order valence-electron chi connectivity index (χ4n) is 1.77. The molecule has 2 rings (SSSR count). The number of aromatic nitrogens is 3. The molecule has 1 unspecified atom stereocenters. The number of anilines is 1. The Morgan fingerprint density at radius 3 is 2.68 bits per heavy atom. The molecule has 0 bridgehead atoms. The van der Waals surface area contributed by atoms with Crippen LogP contribution < -0.4 is 10.1 Å². The van der Waals surface area contributed by atoms with Crippen LogP contribution in [0.15, 0.2) is 6.20 Å². The van der Waals surface area contributed by atoms with Gasteiger partial charge in [0.25, 0.3) is 0 Å². The molecule has 2 heterocycles. The van der Waals surface area contributed by atoms with Gasteiger partial charge in [0.05, 0.1) is 30.1 Å². The molecule has 0 radical (unpaired) electrons. The largest absolute Gasteiger partial charge is 0.467 e. The molecule has 0 spiro atoms. The minimum atomic E-state index is 0.0725. The van der Waals surface area contributed by atoms with Crippen molar-refractivity contribution in [1.29, 1.82) is 0 Å². The van der Waals surface area contributed by atoms with E-state index in [4.69, 9.17) is 16.3 Å². The highest BCUT2D eigenvalue weighted by Crippen LogP contribution is 2.29. The molecule has 0 fully saturated rings. The van der Waals surface area contributed by atoms with Crippen molar-refractivity contribution in [3.8, 4) is 6.01 Å². The Hall–Kier alpha value is -1.40. The standard InChI is InChI=1S/C12H15ClN4OS/c1-6-10(19-8(3)15-6)7(2)16-11-9(13)5-14-12(17-11)18-4/h5,7H,1-4H3,(H,14,16,17). The van der Waals surface area contributed by atoms with E-state index in [-0.39, 0.29) is 12.1 Å². The molecule has 0 aliphatic carbocycles. The molecular weight excluding hydrogens is 284 g/mol. The van der Waals surface area contributed by atoms with Gasteiger partial charge < -0.3 is 10.1 Å². The highest BCUT2D eigenvalue weighted by atomic mass is 35.5. The lowest BCUT2D eigenvalue weighted by Gasteiger charge is -2.14. The SMILES string of the molecule is COc1ncc(Cl)c(NC(C)c2sc(C)nc2C)n1. The number of hydrogen-bond acceptors (Lipinski definition) is 6. The number of thiazole rings is 1. The maximum Gasteiger partial charge on any atom is 0.318 e. The number of nitrogens with one attached hydrogen (secondary N) is 1. The van der Waals surface area contributed by atoms with Crippen molar-refractivity contribution in [3.05, 3.63) is 26.8 Å². The number of rotatable bonds is 4. The molecule has 1 atom stereocenters. The van der Waals surface area contributed by atoms with Crippen LogP contribution in [-0.2, 0) is 0 Å². The van der Waals surface area contributed by atoms with E-state index < -0.39 is 0 Å². The van der Waals surface area contributed by atoms with Gasteiger partial charge in [0, 0.05) is 4.88 Å². The van der Waals surface area contributed by atoms with E-state index in [1.165, 1.54) is 18.2 Å². The Bertz CT molecular complexity index is 587. The average molecular weight is 299 g/mol. The maximum absolute atomic E-state index is 6.07. The van der Waals surface area contributed by atoms with E-state index in [1.807, 2.05) is 20.8 Å². The molecule has 0 saturated heterocycles. The van der Waals surface area contributed by atoms with Crippen LogP contribution >= 0.6 is 22.9 Å². The van der Waals surface area contributed by atoms with E-state index in [1.54, 1.807) is 11.3 Å². The van der Waals surface area contributed by atoms with Crippen LogP contribution in [0.3, 0.4) is 0 Å². The van der Waals surface area contributed by atoms with Gasteiger partial charge in [-0.25, -0.2) is 9.97 Å². The number of nitrogens with zero attached hydrogens (tertiary/aromatic N) is 3. The second-order valence-corrected chi connectivity index (χ2v) is 5.74. The Kier molecular flexibility index (Phi) is 4.21. The van der Waals surface area contributed by atoms with E-state index >= 15 is 0 Å². The van der Waals surface area contributed by atoms with E-state index in [2.05, 4.69) is 20.3 Å². The van der Waals surface area contributed by atoms with E-state index in [9.17, 15) is 0 Å². The van der Waals surface area contributed by atoms with Gasteiger partial charge in [0.1, 0.15) is 5.02 Å².